The Hall–Kier alpha value is -3.80. The second-order valence-corrected chi connectivity index (χ2v) is 15.0. The number of rotatable bonds is 6. The Balaban J connectivity index is 1.46. The van der Waals surface area contributed by atoms with Crippen molar-refractivity contribution in [2.24, 2.45) is 0 Å². The summed E-state index contributed by atoms with van der Waals surface area (Å²) in [6.45, 7) is 0. The molecule has 1 fully saturated rings. The van der Waals surface area contributed by atoms with Gasteiger partial charge in [0.2, 0.25) is 0 Å². The van der Waals surface area contributed by atoms with Crippen LogP contribution in [0.15, 0.2) is 101 Å². The van der Waals surface area contributed by atoms with E-state index in [1.165, 1.54) is 93.3 Å². The molecule has 48 heavy (non-hydrogen) atoms. The predicted molar refractivity (Wildman–Crippen MR) is 202 cm³/mol. The van der Waals surface area contributed by atoms with Gasteiger partial charge in [-0.1, -0.05) is 86.7 Å². The maximum atomic E-state index is 7.65. The van der Waals surface area contributed by atoms with Gasteiger partial charge in [-0.2, -0.15) is 0 Å². The molecular formula is C43H42O3S2. The zero-order valence-electron chi connectivity index (χ0n) is 28.2. The molecule has 0 amide bonds. The molecule has 3 aliphatic rings. The van der Waals surface area contributed by atoms with Crippen molar-refractivity contribution in [1.82, 2.24) is 0 Å². The minimum absolute atomic E-state index is 0.0315. The second-order valence-electron chi connectivity index (χ2n) is 13.3. The fourth-order valence-electron chi connectivity index (χ4n) is 8.68. The summed E-state index contributed by atoms with van der Waals surface area (Å²) in [6.07, 6.45) is 17.8. The Kier molecular flexibility index (Phi) is 8.25. The average Bonchev–Trinajstić information content (AvgIpc) is 3.43. The number of ether oxygens (including phenoxy) is 3. The number of hydrogen-bond acceptors (Lipinski definition) is 5. The van der Waals surface area contributed by atoms with Crippen LogP contribution in [0.1, 0.15) is 72.8 Å². The summed E-state index contributed by atoms with van der Waals surface area (Å²) in [7, 11) is 3.42. The van der Waals surface area contributed by atoms with Crippen molar-refractivity contribution in [2.75, 3.05) is 26.7 Å². The molecule has 3 nitrogen and oxygen atoms in total. The first-order valence-electron chi connectivity index (χ1n) is 17.1. The highest BCUT2D eigenvalue weighted by Gasteiger charge is 2.48. The second kappa shape index (κ2) is 12.6. The minimum atomic E-state index is -0.843. The van der Waals surface area contributed by atoms with Crippen LogP contribution in [0.4, 0.5) is 0 Å². The van der Waals surface area contributed by atoms with E-state index in [9.17, 15) is 0 Å². The van der Waals surface area contributed by atoms with Gasteiger partial charge in [0.1, 0.15) is 17.2 Å². The minimum Gasteiger partial charge on any atom is -0.497 e. The van der Waals surface area contributed by atoms with Gasteiger partial charge in [-0.15, -0.1) is 23.5 Å². The van der Waals surface area contributed by atoms with E-state index in [2.05, 4.69) is 85.3 Å². The summed E-state index contributed by atoms with van der Waals surface area (Å²) in [4.78, 5) is 2.60. The molecule has 5 aromatic carbocycles. The summed E-state index contributed by atoms with van der Waals surface area (Å²) >= 11 is 3.64. The van der Waals surface area contributed by atoms with E-state index in [1.807, 2.05) is 47.8 Å². The Morgan fingerprint density at radius 3 is 1.81 bits per heavy atom. The summed E-state index contributed by atoms with van der Waals surface area (Å²) in [5.41, 5.74) is 8.28. The number of hydrogen-bond donors (Lipinski definition) is 0. The van der Waals surface area contributed by atoms with Crippen LogP contribution in [0.3, 0.4) is 0 Å². The van der Waals surface area contributed by atoms with Gasteiger partial charge in [-0.05, 0) is 95.5 Å². The van der Waals surface area contributed by atoms with E-state index in [-0.39, 0.29) is 5.41 Å². The lowest BCUT2D eigenvalue weighted by atomic mass is 9.67. The molecule has 0 saturated heterocycles. The third kappa shape index (κ3) is 4.80. The molecular weight excluding hydrogens is 629 g/mol. The summed E-state index contributed by atoms with van der Waals surface area (Å²) in [5.74, 6) is 2.63. The van der Waals surface area contributed by atoms with E-state index in [4.69, 9.17) is 14.2 Å². The first-order valence-corrected chi connectivity index (χ1v) is 19.5. The average molecular weight is 671 g/mol. The quantitative estimate of drug-likeness (QED) is 0.168. The maximum absolute atomic E-state index is 7.65. The zero-order chi connectivity index (χ0) is 32.9. The number of fused-ring (bicyclic) bond motifs is 10. The number of benzene rings is 5. The standard InChI is InChI=1S/C43H42O3S2/c1-44-30-18-14-28(15-19-30)43(29-16-20-31(45-2)21-17-29)25-22-33-40-39(34-26-37(47-3)38(48-4)27-35(34)41(33)46-43)32-12-8-9-13-36(32)42(40)23-10-6-5-7-11-24-42/h8-9,12-22,25-27H,5-7,10-11,23-24H2,1-4H3. The molecule has 244 valence electrons. The van der Waals surface area contributed by atoms with Crippen LogP contribution in [0.25, 0.3) is 28.0 Å². The van der Waals surface area contributed by atoms with Crippen LogP contribution in [0.2, 0.25) is 0 Å². The van der Waals surface area contributed by atoms with E-state index < -0.39 is 5.60 Å². The molecule has 0 unspecified atom stereocenters. The van der Waals surface area contributed by atoms with Gasteiger partial charge >= 0.3 is 0 Å². The SMILES string of the molecule is COc1ccc(C2(c3ccc(OC)cc3)C=Cc3c4c(c5cc(SC)c(SC)cc5c3O2)-c2ccccc2C42CCCCCCC2)cc1. The van der Waals surface area contributed by atoms with Gasteiger partial charge < -0.3 is 14.2 Å². The third-order valence-electron chi connectivity index (χ3n) is 11.0. The normalized spacial score (nSPS) is 17.2. The van der Waals surface area contributed by atoms with Crippen LogP contribution >= 0.6 is 23.5 Å². The van der Waals surface area contributed by atoms with Gasteiger partial charge in [0.05, 0.1) is 14.2 Å². The van der Waals surface area contributed by atoms with Gasteiger partial charge in [-0.3, -0.25) is 0 Å². The highest BCUT2D eigenvalue weighted by atomic mass is 32.2. The Bertz CT molecular complexity index is 1970. The number of thioether (sulfide) groups is 2. The molecule has 0 radical (unpaired) electrons. The fourth-order valence-corrected chi connectivity index (χ4v) is 10.2. The van der Waals surface area contributed by atoms with Crippen molar-refractivity contribution in [3.05, 3.63) is 119 Å². The van der Waals surface area contributed by atoms with Crippen LogP contribution in [0.5, 0.6) is 17.2 Å². The maximum Gasteiger partial charge on any atom is 0.178 e. The van der Waals surface area contributed by atoms with Gasteiger partial charge in [-0.25, -0.2) is 0 Å². The largest absolute Gasteiger partial charge is 0.497 e. The molecule has 1 aliphatic heterocycles. The summed E-state index contributed by atoms with van der Waals surface area (Å²) in [5, 5.41) is 2.48. The van der Waals surface area contributed by atoms with Crippen molar-refractivity contribution in [3.63, 3.8) is 0 Å². The molecule has 0 bridgehead atoms. The molecule has 0 aromatic heterocycles. The highest BCUT2D eigenvalue weighted by molar-refractivity contribution is 8.01. The van der Waals surface area contributed by atoms with Gasteiger partial charge in [0, 0.05) is 37.3 Å². The molecule has 1 spiro atoms. The molecule has 5 aromatic rings. The van der Waals surface area contributed by atoms with Gasteiger partial charge in [0.25, 0.3) is 0 Å². The first-order chi connectivity index (χ1) is 23.6. The molecule has 1 saturated carbocycles. The third-order valence-corrected chi connectivity index (χ3v) is 12.7. The van der Waals surface area contributed by atoms with Crippen molar-refractivity contribution in [2.45, 2.75) is 65.8 Å². The van der Waals surface area contributed by atoms with Crippen LogP contribution in [-0.2, 0) is 11.0 Å². The lowest BCUT2D eigenvalue weighted by Crippen LogP contribution is -2.35. The molecule has 0 atom stereocenters. The summed E-state index contributed by atoms with van der Waals surface area (Å²) < 4.78 is 18.8. The van der Waals surface area contributed by atoms with Crippen molar-refractivity contribution < 1.29 is 14.2 Å². The summed E-state index contributed by atoms with van der Waals surface area (Å²) in [6, 6.07) is 30.8. The van der Waals surface area contributed by atoms with Crippen molar-refractivity contribution in [3.8, 4) is 28.4 Å². The van der Waals surface area contributed by atoms with Crippen LogP contribution in [-0.4, -0.2) is 26.7 Å². The fraction of sp³-hybridized carbons (Fsp3) is 0.302. The van der Waals surface area contributed by atoms with Crippen LogP contribution < -0.4 is 14.2 Å². The van der Waals surface area contributed by atoms with E-state index in [0.29, 0.717) is 0 Å². The van der Waals surface area contributed by atoms with Crippen LogP contribution in [0, 0.1) is 0 Å². The van der Waals surface area contributed by atoms with E-state index in [0.717, 1.165) is 28.4 Å². The Labute approximate surface area is 293 Å². The molecule has 0 N–H and O–H groups in total. The monoisotopic (exact) mass is 670 g/mol. The lowest BCUT2D eigenvalue weighted by molar-refractivity contribution is 0.163. The molecule has 1 heterocycles. The van der Waals surface area contributed by atoms with Gasteiger partial charge in [0.15, 0.2) is 5.60 Å². The zero-order valence-corrected chi connectivity index (χ0v) is 29.9. The smallest absolute Gasteiger partial charge is 0.178 e. The predicted octanol–water partition coefficient (Wildman–Crippen LogP) is 11.7. The number of methoxy groups -OCH3 is 2. The molecule has 8 rings (SSSR count). The highest BCUT2D eigenvalue weighted by Crippen LogP contribution is 2.62. The van der Waals surface area contributed by atoms with Crippen molar-refractivity contribution >= 4 is 40.4 Å². The Morgan fingerprint density at radius 1 is 0.667 bits per heavy atom. The topological polar surface area (TPSA) is 27.7 Å². The first kappa shape index (κ1) is 31.5. The lowest BCUT2D eigenvalue weighted by Gasteiger charge is -2.40. The van der Waals surface area contributed by atoms with Crippen molar-refractivity contribution in [1.29, 1.82) is 0 Å². The molecule has 2 aliphatic carbocycles. The Morgan fingerprint density at radius 2 is 1.23 bits per heavy atom. The van der Waals surface area contributed by atoms with E-state index in [1.54, 1.807) is 14.2 Å². The molecule has 5 heteroatoms. The van der Waals surface area contributed by atoms with E-state index >= 15 is 0 Å².